The van der Waals surface area contributed by atoms with Gasteiger partial charge in [-0.15, -0.1) is 0 Å². The van der Waals surface area contributed by atoms with Crippen LogP contribution in [0.5, 0.6) is 0 Å². The van der Waals surface area contributed by atoms with Gasteiger partial charge in [-0.2, -0.15) is 0 Å². The van der Waals surface area contributed by atoms with Crippen LogP contribution >= 0.6 is 11.6 Å². The number of hydrogen-bond donors (Lipinski definition) is 3. The molecule has 1 saturated carbocycles. The number of hydrogen-bond acceptors (Lipinski definition) is 4. The highest BCUT2D eigenvalue weighted by atomic mass is 35.5. The van der Waals surface area contributed by atoms with Crippen molar-refractivity contribution in [2.24, 2.45) is 5.41 Å². The van der Waals surface area contributed by atoms with E-state index in [9.17, 15) is 19.5 Å². The van der Waals surface area contributed by atoms with Gasteiger partial charge in [0.1, 0.15) is 0 Å². The first-order valence-corrected chi connectivity index (χ1v) is 8.36. The van der Waals surface area contributed by atoms with E-state index in [0.717, 1.165) is 6.42 Å². The summed E-state index contributed by atoms with van der Waals surface area (Å²) in [6.07, 6.45) is 1.77. The van der Waals surface area contributed by atoms with Gasteiger partial charge in [0.05, 0.1) is 22.6 Å². The SMILES string of the molecule is COCCNC(=O)c1ccc(NC(=O)CC2(C(=O)O)CCC2)cc1Cl. The third-order valence-electron chi connectivity index (χ3n) is 4.35. The Morgan fingerprint density at radius 3 is 2.56 bits per heavy atom. The molecule has 3 N–H and O–H groups in total. The van der Waals surface area contributed by atoms with Gasteiger partial charge in [-0.25, -0.2) is 0 Å². The fraction of sp³-hybridized carbons (Fsp3) is 0.471. The molecule has 1 aromatic rings. The molecule has 8 heteroatoms. The topological polar surface area (TPSA) is 105 Å². The summed E-state index contributed by atoms with van der Waals surface area (Å²) in [4.78, 5) is 35.4. The Hall–Kier alpha value is -2.12. The molecule has 0 heterocycles. The van der Waals surface area contributed by atoms with E-state index in [1.54, 1.807) is 6.07 Å². The number of carboxylic acid groups (broad SMARTS) is 1. The van der Waals surface area contributed by atoms with Gasteiger partial charge in [-0.3, -0.25) is 14.4 Å². The number of ether oxygens (including phenoxy) is 1. The molecule has 1 aromatic carbocycles. The molecule has 0 unspecified atom stereocenters. The highest BCUT2D eigenvalue weighted by molar-refractivity contribution is 6.34. The highest BCUT2D eigenvalue weighted by Crippen LogP contribution is 2.44. The lowest BCUT2D eigenvalue weighted by atomic mass is 9.66. The molecule has 2 amide bonds. The molecule has 0 spiro atoms. The molecule has 136 valence electrons. The van der Waals surface area contributed by atoms with Gasteiger partial charge in [-0.1, -0.05) is 18.0 Å². The van der Waals surface area contributed by atoms with E-state index in [-0.39, 0.29) is 28.8 Å². The van der Waals surface area contributed by atoms with Crippen LogP contribution < -0.4 is 10.6 Å². The van der Waals surface area contributed by atoms with Crippen molar-refractivity contribution in [3.05, 3.63) is 28.8 Å². The van der Waals surface area contributed by atoms with Gasteiger partial charge in [0.15, 0.2) is 0 Å². The number of aliphatic carboxylic acids is 1. The first kappa shape index (κ1) is 19.2. The first-order chi connectivity index (χ1) is 11.9. The second-order valence-electron chi connectivity index (χ2n) is 6.11. The van der Waals surface area contributed by atoms with Crippen LogP contribution in [0.4, 0.5) is 5.69 Å². The lowest BCUT2D eigenvalue weighted by Gasteiger charge is -2.36. The van der Waals surface area contributed by atoms with Gasteiger partial charge in [0.2, 0.25) is 5.91 Å². The minimum atomic E-state index is -0.949. The molecule has 0 bridgehead atoms. The molecule has 0 radical (unpaired) electrons. The maximum atomic E-state index is 12.1. The zero-order valence-electron chi connectivity index (χ0n) is 13.9. The Labute approximate surface area is 150 Å². The van der Waals surface area contributed by atoms with Crippen LogP contribution in [0.2, 0.25) is 5.02 Å². The molecule has 1 fully saturated rings. The summed E-state index contributed by atoms with van der Waals surface area (Å²) in [5.74, 6) is -1.65. The lowest BCUT2D eigenvalue weighted by molar-refractivity contribution is -0.157. The number of anilines is 1. The van der Waals surface area contributed by atoms with Gasteiger partial charge in [0, 0.05) is 25.8 Å². The molecular formula is C17H21ClN2O5. The minimum absolute atomic E-state index is 0.0702. The molecule has 7 nitrogen and oxygen atoms in total. The normalized spacial score (nSPS) is 15.1. The summed E-state index contributed by atoms with van der Waals surface area (Å²) in [6, 6.07) is 4.54. The van der Waals surface area contributed by atoms with E-state index < -0.39 is 11.4 Å². The number of amides is 2. The maximum absolute atomic E-state index is 12.1. The number of carbonyl (C=O) groups excluding carboxylic acids is 2. The summed E-state index contributed by atoms with van der Waals surface area (Å²) in [7, 11) is 1.54. The molecule has 0 aliphatic heterocycles. The van der Waals surface area contributed by atoms with Crippen LogP contribution in [-0.2, 0) is 14.3 Å². The predicted molar refractivity (Wildman–Crippen MR) is 92.8 cm³/mol. The quantitative estimate of drug-likeness (QED) is 0.611. The van der Waals surface area contributed by atoms with Crippen molar-refractivity contribution < 1.29 is 24.2 Å². The summed E-state index contributed by atoms with van der Waals surface area (Å²) >= 11 is 6.11. The first-order valence-electron chi connectivity index (χ1n) is 7.98. The monoisotopic (exact) mass is 368 g/mol. The molecule has 25 heavy (non-hydrogen) atoms. The van der Waals surface area contributed by atoms with Crippen LogP contribution in [0.15, 0.2) is 18.2 Å². The number of nitrogens with one attached hydrogen (secondary N) is 2. The maximum Gasteiger partial charge on any atom is 0.310 e. The zero-order valence-corrected chi connectivity index (χ0v) is 14.7. The van der Waals surface area contributed by atoms with Crippen LogP contribution in [0.1, 0.15) is 36.0 Å². The second kappa shape index (κ2) is 8.31. The third-order valence-corrected chi connectivity index (χ3v) is 4.67. The summed E-state index contributed by atoms with van der Waals surface area (Å²) in [5, 5.41) is 14.8. The van der Waals surface area contributed by atoms with Crippen molar-refractivity contribution in [1.82, 2.24) is 5.32 Å². The van der Waals surface area contributed by atoms with E-state index in [2.05, 4.69) is 10.6 Å². The van der Waals surface area contributed by atoms with Crippen LogP contribution in [0.3, 0.4) is 0 Å². The largest absolute Gasteiger partial charge is 0.481 e. The summed E-state index contributed by atoms with van der Waals surface area (Å²) in [5.41, 5.74) is -0.241. The van der Waals surface area contributed by atoms with Gasteiger partial charge in [-0.05, 0) is 31.0 Å². The van der Waals surface area contributed by atoms with Crippen LogP contribution in [-0.4, -0.2) is 43.2 Å². The molecule has 0 saturated heterocycles. The number of carboxylic acids is 1. The second-order valence-corrected chi connectivity index (χ2v) is 6.51. The van der Waals surface area contributed by atoms with Crippen LogP contribution in [0, 0.1) is 5.41 Å². The Bertz CT molecular complexity index is 673. The van der Waals surface area contributed by atoms with E-state index in [1.165, 1.54) is 19.2 Å². The Morgan fingerprint density at radius 2 is 2.04 bits per heavy atom. The number of rotatable bonds is 8. The number of methoxy groups -OCH3 is 1. The zero-order chi connectivity index (χ0) is 18.4. The molecule has 1 aliphatic carbocycles. The summed E-state index contributed by atoms with van der Waals surface area (Å²) in [6.45, 7) is 0.754. The van der Waals surface area contributed by atoms with Crippen molar-refractivity contribution in [1.29, 1.82) is 0 Å². The minimum Gasteiger partial charge on any atom is -0.481 e. The van der Waals surface area contributed by atoms with Crippen LogP contribution in [0.25, 0.3) is 0 Å². The standard InChI is InChI=1S/C17H21ClN2O5/c1-25-8-7-19-15(22)12-4-3-11(9-13(12)18)20-14(21)10-17(16(23)24)5-2-6-17/h3-4,9H,2,5-8,10H2,1H3,(H,19,22)(H,20,21)(H,23,24). The van der Waals surface area contributed by atoms with Gasteiger partial charge in [0.25, 0.3) is 5.91 Å². The molecule has 1 aliphatic rings. The van der Waals surface area contributed by atoms with Crippen molar-refractivity contribution in [2.75, 3.05) is 25.6 Å². The molecule has 2 rings (SSSR count). The smallest absolute Gasteiger partial charge is 0.310 e. The van der Waals surface area contributed by atoms with E-state index >= 15 is 0 Å². The molecule has 0 atom stereocenters. The van der Waals surface area contributed by atoms with E-state index in [4.69, 9.17) is 16.3 Å². The Kier molecular flexibility index (Phi) is 6.39. The average molecular weight is 369 g/mol. The molecule has 0 aromatic heterocycles. The lowest BCUT2D eigenvalue weighted by Crippen LogP contribution is -2.41. The highest BCUT2D eigenvalue weighted by Gasteiger charge is 2.45. The van der Waals surface area contributed by atoms with Gasteiger partial charge < -0.3 is 20.5 Å². The average Bonchev–Trinajstić information content (AvgIpc) is 2.50. The van der Waals surface area contributed by atoms with E-state index in [1.807, 2.05) is 0 Å². The Morgan fingerprint density at radius 1 is 1.32 bits per heavy atom. The summed E-state index contributed by atoms with van der Waals surface area (Å²) < 4.78 is 4.85. The predicted octanol–water partition coefficient (Wildman–Crippen LogP) is 2.30. The Balaban J connectivity index is 1.97. The number of carbonyl (C=O) groups is 3. The number of halogens is 1. The van der Waals surface area contributed by atoms with Crippen molar-refractivity contribution in [2.45, 2.75) is 25.7 Å². The number of benzene rings is 1. The third kappa shape index (κ3) is 4.70. The fourth-order valence-electron chi connectivity index (χ4n) is 2.72. The van der Waals surface area contributed by atoms with Crippen molar-refractivity contribution >= 4 is 35.1 Å². The van der Waals surface area contributed by atoms with Crippen molar-refractivity contribution in [3.63, 3.8) is 0 Å². The van der Waals surface area contributed by atoms with E-state index in [0.29, 0.717) is 31.7 Å². The molecular weight excluding hydrogens is 348 g/mol. The van der Waals surface area contributed by atoms with Crippen molar-refractivity contribution in [3.8, 4) is 0 Å². The fourth-order valence-corrected chi connectivity index (χ4v) is 2.99. The van der Waals surface area contributed by atoms with Gasteiger partial charge >= 0.3 is 5.97 Å².